The summed E-state index contributed by atoms with van der Waals surface area (Å²) in [4.78, 5) is 16.4. The summed E-state index contributed by atoms with van der Waals surface area (Å²) in [5, 5.41) is 3.35. The molecule has 0 spiro atoms. The fraction of sp³-hybridized carbons (Fsp3) is 0.316. The van der Waals surface area contributed by atoms with Gasteiger partial charge in [-0.25, -0.2) is 9.18 Å². The number of nitrogens with one attached hydrogen (secondary N) is 1. The summed E-state index contributed by atoms with van der Waals surface area (Å²) in [7, 11) is 3.59. The van der Waals surface area contributed by atoms with Crippen LogP contribution in [0, 0.1) is 5.82 Å². The number of halogens is 3. The first-order valence-electron chi connectivity index (χ1n) is 8.29. The molecule has 0 aliphatic carbocycles. The van der Waals surface area contributed by atoms with Gasteiger partial charge in [0.2, 0.25) is 0 Å². The van der Waals surface area contributed by atoms with Crippen molar-refractivity contribution in [1.29, 1.82) is 0 Å². The highest BCUT2D eigenvalue weighted by Gasteiger charge is 2.35. The van der Waals surface area contributed by atoms with Gasteiger partial charge < -0.3 is 10.2 Å². The highest BCUT2D eigenvalue weighted by molar-refractivity contribution is 9.11. The van der Waals surface area contributed by atoms with Crippen molar-refractivity contribution in [3.05, 3.63) is 62.8 Å². The Balaban J connectivity index is 1.79. The van der Waals surface area contributed by atoms with E-state index in [1.54, 1.807) is 29.0 Å². The second kappa shape index (κ2) is 8.06. The predicted octanol–water partition coefficient (Wildman–Crippen LogP) is 4.59. The van der Waals surface area contributed by atoms with Crippen molar-refractivity contribution < 1.29 is 9.18 Å². The van der Waals surface area contributed by atoms with Gasteiger partial charge in [-0.15, -0.1) is 0 Å². The number of anilines is 1. The Bertz CT molecular complexity index is 780. The van der Waals surface area contributed by atoms with Gasteiger partial charge >= 0.3 is 6.03 Å². The Hall–Kier alpha value is -1.44. The number of urea groups is 1. The molecule has 0 radical (unpaired) electrons. The van der Waals surface area contributed by atoms with Gasteiger partial charge in [-0.1, -0.05) is 44.0 Å². The number of nitrogens with zero attached hydrogens (tertiary/aromatic N) is 2. The van der Waals surface area contributed by atoms with Crippen molar-refractivity contribution in [3.8, 4) is 0 Å². The molecule has 0 aromatic heterocycles. The molecule has 1 N–H and O–H groups in total. The fourth-order valence-electron chi connectivity index (χ4n) is 3.34. The van der Waals surface area contributed by atoms with Gasteiger partial charge in [0.1, 0.15) is 5.82 Å². The molecule has 4 nitrogen and oxygen atoms in total. The Morgan fingerprint density at radius 3 is 2.31 bits per heavy atom. The lowest BCUT2D eigenvalue weighted by Crippen LogP contribution is -2.47. The predicted molar refractivity (Wildman–Crippen MR) is 109 cm³/mol. The van der Waals surface area contributed by atoms with E-state index in [1.807, 2.05) is 25.2 Å². The van der Waals surface area contributed by atoms with E-state index in [1.165, 1.54) is 12.1 Å². The van der Waals surface area contributed by atoms with E-state index in [9.17, 15) is 9.18 Å². The number of rotatable bonds is 3. The smallest absolute Gasteiger partial charge is 0.322 e. The van der Waals surface area contributed by atoms with Gasteiger partial charge in [-0.3, -0.25) is 4.90 Å². The SMILES string of the molecule is CN(C(=O)N(C)[C@@H]1CNC[C@H]1c1ccc(F)cc1)c1cc(Br)cc(Br)c1. The lowest BCUT2D eigenvalue weighted by molar-refractivity contribution is 0.197. The van der Waals surface area contributed by atoms with Crippen LogP contribution in [0.15, 0.2) is 51.4 Å². The van der Waals surface area contributed by atoms with Crippen LogP contribution in [0.5, 0.6) is 0 Å². The van der Waals surface area contributed by atoms with Crippen LogP contribution in [-0.2, 0) is 0 Å². The normalized spacial score (nSPS) is 19.4. The number of benzene rings is 2. The van der Waals surface area contributed by atoms with E-state index < -0.39 is 0 Å². The maximum absolute atomic E-state index is 13.2. The minimum atomic E-state index is -0.249. The summed E-state index contributed by atoms with van der Waals surface area (Å²) in [5.74, 6) is -0.118. The Labute approximate surface area is 169 Å². The van der Waals surface area contributed by atoms with Gasteiger partial charge in [0.25, 0.3) is 0 Å². The zero-order valence-corrected chi connectivity index (χ0v) is 17.7. The van der Waals surface area contributed by atoms with Crippen molar-refractivity contribution >= 4 is 43.6 Å². The summed E-state index contributed by atoms with van der Waals surface area (Å²) in [6.45, 7) is 1.47. The van der Waals surface area contributed by atoms with Crippen LogP contribution in [-0.4, -0.2) is 44.2 Å². The van der Waals surface area contributed by atoms with E-state index in [4.69, 9.17) is 0 Å². The average Bonchev–Trinajstić information content (AvgIpc) is 3.09. The van der Waals surface area contributed by atoms with Crippen LogP contribution in [0.4, 0.5) is 14.9 Å². The summed E-state index contributed by atoms with van der Waals surface area (Å²) in [6.07, 6.45) is 0. The standard InChI is InChI=1S/C19H20Br2FN3O/c1-24(16-8-13(20)7-14(21)9-16)19(26)25(2)18-11-23-10-17(18)12-3-5-15(22)6-4-12/h3-9,17-18,23H,10-11H2,1-2H3/t17-,18+/m0/s1. The summed E-state index contributed by atoms with van der Waals surface area (Å²) in [6, 6.07) is 12.2. The molecule has 2 aromatic carbocycles. The van der Waals surface area contributed by atoms with Gasteiger partial charge in [0, 0.05) is 47.7 Å². The second-order valence-corrected chi connectivity index (χ2v) is 8.30. The molecule has 1 aliphatic rings. The van der Waals surface area contributed by atoms with Crippen molar-refractivity contribution in [3.63, 3.8) is 0 Å². The molecule has 7 heteroatoms. The van der Waals surface area contributed by atoms with Crippen LogP contribution < -0.4 is 10.2 Å². The molecule has 3 rings (SSSR count). The molecule has 0 bridgehead atoms. The summed E-state index contributed by atoms with van der Waals surface area (Å²) in [5.41, 5.74) is 1.83. The summed E-state index contributed by atoms with van der Waals surface area (Å²) < 4.78 is 15.0. The second-order valence-electron chi connectivity index (χ2n) is 6.46. The van der Waals surface area contributed by atoms with Gasteiger partial charge in [-0.05, 0) is 35.9 Å². The first kappa shape index (κ1) is 19.3. The zero-order chi connectivity index (χ0) is 18.8. The van der Waals surface area contributed by atoms with E-state index in [2.05, 4.69) is 37.2 Å². The third-order valence-electron chi connectivity index (χ3n) is 4.80. The van der Waals surface area contributed by atoms with Crippen LogP contribution in [0.2, 0.25) is 0 Å². The highest BCUT2D eigenvalue weighted by atomic mass is 79.9. The maximum atomic E-state index is 13.2. The van der Waals surface area contributed by atoms with Crippen molar-refractivity contribution in [2.75, 3.05) is 32.1 Å². The minimum absolute atomic E-state index is 0.00556. The average molecular weight is 485 g/mol. The zero-order valence-electron chi connectivity index (χ0n) is 14.5. The fourth-order valence-corrected chi connectivity index (χ4v) is 4.61. The molecule has 2 amide bonds. The molecule has 2 atom stereocenters. The van der Waals surface area contributed by atoms with Gasteiger partial charge in [-0.2, -0.15) is 0 Å². The van der Waals surface area contributed by atoms with E-state index >= 15 is 0 Å². The topological polar surface area (TPSA) is 35.6 Å². The van der Waals surface area contributed by atoms with Gasteiger partial charge in [0.15, 0.2) is 0 Å². The number of amides is 2. The van der Waals surface area contributed by atoms with E-state index in [-0.39, 0.29) is 23.8 Å². The monoisotopic (exact) mass is 483 g/mol. The van der Waals surface area contributed by atoms with Crippen molar-refractivity contribution in [1.82, 2.24) is 10.2 Å². The minimum Gasteiger partial charge on any atom is -0.322 e. The molecule has 2 aromatic rings. The molecule has 1 fully saturated rings. The first-order valence-corrected chi connectivity index (χ1v) is 9.88. The molecule has 1 saturated heterocycles. The van der Waals surface area contributed by atoms with Crippen LogP contribution >= 0.6 is 31.9 Å². The van der Waals surface area contributed by atoms with E-state index in [0.717, 1.165) is 26.7 Å². The molecule has 0 saturated carbocycles. The van der Waals surface area contributed by atoms with E-state index in [0.29, 0.717) is 6.54 Å². The number of hydrogen-bond acceptors (Lipinski definition) is 2. The molecule has 1 aliphatic heterocycles. The molecular weight excluding hydrogens is 465 g/mol. The Morgan fingerprint density at radius 2 is 1.69 bits per heavy atom. The highest BCUT2D eigenvalue weighted by Crippen LogP contribution is 2.29. The number of carbonyl (C=O) groups excluding carboxylic acids is 1. The Morgan fingerprint density at radius 1 is 1.08 bits per heavy atom. The summed E-state index contributed by atoms with van der Waals surface area (Å²) >= 11 is 6.91. The number of carbonyl (C=O) groups is 1. The molecule has 138 valence electrons. The van der Waals surface area contributed by atoms with Crippen molar-refractivity contribution in [2.24, 2.45) is 0 Å². The third kappa shape index (κ3) is 4.10. The molecule has 1 heterocycles. The maximum Gasteiger partial charge on any atom is 0.324 e. The third-order valence-corrected chi connectivity index (χ3v) is 5.72. The van der Waals surface area contributed by atoms with Crippen LogP contribution in [0.3, 0.4) is 0 Å². The number of likely N-dealkylation sites (N-methyl/N-ethyl adjacent to an activating group) is 1. The largest absolute Gasteiger partial charge is 0.324 e. The lowest BCUT2D eigenvalue weighted by Gasteiger charge is -2.32. The molecular formula is C19H20Br2FN3O. The van der Waals surface area contributed by atoms with Crippen molar-refractivity contribution in [2.45, 2.75) is 12.0 Å². The first-order chi connectivity index (χ1) is 12.4. The molecule has 26 heavy (non-hydrogen) atoms. The lowest BCUT2D eigenvalue weighted by atomic mass is 9.93. The van der Waals surface area contributed by atoms with Crippen LogP contribution in [0.25, 0.3) is 0 Å². The number of hydrogen-bond donors (Lipinski definition) is 1. The Kier molecular flexibility index (Phi) is 5.99. The quantitative estimate of drug-likeness (QED) is 0.691. The van der Waals surface area contributed by atoms with Gasteiger partial charge in [0.05, 0.1) is 6.04 Å². The molecule has 0 unspecified atom stereocenters. The van der Waals surface area contributed by atoms with Crippen LogP contribution in [0.1, 0.15) is 11.5 Å².